The first kappa shape index (κ1) is 20.1. The number of rotatable bonds is 7. The highest BCUT2D eigenvalue weighted by Gasteiger charge is 2.01. The highest BCUT2D eigenvalue weighted by Crippen LogP contribution is 2.10. The Hall–Kier alpha value is -0.890. The Bertz CT molecular complexity index is 441. The van der Waals surface area contributed by atoms with E-state index in [4.69, 9.17) is 4.74 Å². The van der Waals surface area contributed by atoms with Crippen molar-refractivity contribution < 1.29 is 9.13 Å². The molecule has 1 rings (SSSR count). The third kappa shape index (κ3) is 8.21. The zero-order chi connectivity index (χ0) is 14.8. The van der Waals surface area contributed by atoms with Crippen LogP contribution in [0.15, 0.2) is 23.2 Å². The fourth-order valence-corrected chi connectivity index (χ4v) is 1.90. The molecular formula is C15H25FIN3O. The SMILES string of the molecule is CN=C(NCCCOC)NCCc1ccc(F)cc1C.I. The number of nitrogens with zero attached hydrogens (tertiary/aromatic N) is 1. The van der Waals surface area contributed by atoms with Crippen LogP contribution in [0.5, 0.6) is 0 Å². The molecule has 0 saturated carbocycles. The molecule has 0 amide bonds. The van der Waals surface area contributed by atoms with Crippen LogP contribution in [0.4, 0.5) is 4.39 Å². The number of benzene rings is 1. The van der Waals surface area contributed by atoms with E-state index in [9.17, 15) is 4.39 Å². The Morgan fingerprint density at radius 2 is 2.00 bits per heavy atom. The molecule has 0 aliphatic carbocycles. The summed E-state index contributed by atoms with van der Waals surface area (Å²) in [6.45, 7) is 4.24. The topological polar surface area (TPSA) is 45.7 Å². The van der Waals surface area contributed by atoms with Gasteiger partial charge in [-0.15, -0.1) is 24.0 Å². The molecule has 0 aliphatic rings. The van der Waals surface area contributed by atoms with E-state index in [-0.39, 0.29) is 29.8 Å². The summed E-state index contributed by atoms with van der Waals surface area (Å²) in [5.74, 6) is 0.593. The van der Waals surface area contributed by atoms with E-state index in [1.165, 1.54) is 6.07 Å². The van der Waals surface area contributed by atoms with Gasteiger partial charge in [-0.25, -0.2) is 4.39 Å². The summed E-state index contributed by atoms with van der Waals surface area (Å²) < 4.78 is 18.0. The van der Waals surface area contributed by atoms with E-state index in [1.807, 2.05) is 13.0 Å². The molecule has 4 nitrogen and oxygen atoms in total. The summed E-state index contributed by atoms with van der Waals surface area (Å²) in [6.07, 6.45) is 1.78. The van der Waals surface area contributed by atoms with Crippen LogP contribution in [0.25, 0.3) is 0 Å². The normalized spacial score (nSPS) is 11.0. The number of aryl methyl sites for hydroxylation is 1. The molecule has 0 fully saturated rings. The quantitative estimate of drug-likeness (QED) is 0.315. The van der Waals surface area contributed by atoms with Crippen molar-refractivity contribution in [3.8, 4) is 0 Å². The molecule has 0 aromatic heterocycles. The van der Waals surface area contributed by atoms with Crippen molar-refractivity contribution in [2.24, 2.45) is 4.99 Å². The van der Waals surface area contributed by atoms with Gasteiger partial charge in [0, 0.05) is 33.9 Å². The lowest BCUT2D eigenvalue weighted by Crippen LogP contribution is -2.39. The number of hydrogen-bond acceptors (Lipinski definition) is 2. The van der Waals surface area contributed by atoms with Crippen LogP contribution in [0.3, 0.4) is 0 Å². The van der Waals surface area contributed by atoms with Crippen molar-refractivity contribution in [2.45, 2.75) is 19.8 Å². The second-order valence-electron chi connectivity index (χ2n) is 4.59. The molecule has 0 radical (unpaired) electrons. The predicted octanol–water partition coefficient (Wildman–Crippen LogP) is 2.50. The summed E-state index contributed by atoms with van der Waals surface area (Å²) in [4.78, 5) is 4.15. The zero-order valence-corrected chi connectivity index (χ0v) is 15.2. The van der Waals surface area contributed by atoms with Gasteiger partial charge < -0.3 is 15.4 Å². The van der Waals surface area contributed by atoms with Crippen molar-refractivity contribution in [3.63, 3.8) is 0 Å². The molecule has 0 bridgehead atoms. The molecule has 2 N–H and O–H groups in total. The number of nitrogens with one attached hydrogen (secondary N) is 2. The smallest absolute Gasteiger partial charge is 0.190 e. The van der Waals surface area contributed by atoms with Gasteiger partial charge in [0.1, 0.15) is 5.82 Å². The standard InChI is InChI=1S/C15H24FN3O.HI/c1-12-11-14(16)6-5-13(12)7-9-19-15(17-2)18-8-4-10-20-3;/h5-6,11H,4,7-10H2,1-3H3,(H2,17,18,19);1H. The largest absolute Gasteiger partial charge is 0.385 e. The van der Waals surface area contributed by atoms with Crippen LogP contribution in [0.2, 0.25) is 0 Å². The Labute approximate surface area is 143 Å². The third-order valence-electron chi connectivity index (χ3n) is 3.03. The minimum atomic E-state index is -0.185. The van der Waals surface area contributed by atoms with Crippen LogP contribution in [0.1, 0.15) is 17.5 Å². The Morgan fingerprint density at radius 3 is 2.62 bits per heavy atom. The molecule has 21 heavy (non-hydrogen) atoms. The molecule has 0 unspecified atom stereocenters. The van der Waals surface area contributed by atoms with Gasteiger partial charge >= 0.3 is 0 Å². The van der Waals surface area contributed by atoms with E-state index in [0.717, 1.165) is 49.6 Å². The van der Waals surface area contributed by atoms with Gasteiger partial charge in [-0.05, 0) is 43.0 Å². The van der Waals surface area contributed by atoms with Crippen LogP contribution < -0.4 is 10.6 Å². The van der Waals surface area contributed by atoms with Crippen molar-refractivity contribution in [1.29, 1.82) is 0 Å². The number of halogens is 2. The van der Waals surface area contributed by atoms with Gasteiger partial charge in [0.05, 0.1) is 0 Å². The number of ether oxygens (including phenoxy) is 1. The van der Waals surface area contributed by atoms with E-state index in [2.05, 4.69) is 15.6 Å². The Kier molecular flexibility index (Phi) is 11.2. The third-order valence-corrected chi connectivity index (χ3v) is 3.03. The Balaban J connectivity index is 0.00000400. The van der Waals surface area contributed by atoms with Crippen LogP contribution >= 0.6 is 24.0 Å². The molecule has 0 spiro atoms. The summed E-state index contributed by atoms with van der Waals surface area (Å²) in [5.41, 5.74) is 2.13. The van der Waals surface area contributed by atoms with Gasteiger partial charge in [0.2, 0.25) is 0 Å². The van der Waals surface area contributed by atoms with Gasteiger partial charge in [-0.2, -0.15) is 0 Å². The molecule has 120 valence electrons. The molecule has 1 aromatic carbocycles. The van der Waals surface area contributed by atoms with Gasteiger partial charge in [0.25, 0.3) is 0 Å². The molecule has 1 aromatic rings. The zero-order valence-electron chi connectivity index (χ0n) is 12.9. The van der Waals surface area contributed by atoms with Gasteiger partial charge in [0.15, 0.2) is 5.96 Å². The fourth-order valence-electron chi connectivity index (χ4n) is 1.90. The summed E-state index contributed by atoms with van der Waals surface area (Å²) in [6, 6.07) is 4.90. The molecule has 0 aliphatic heterocycles. The number of methoxy groups -OCH3 is 1. The minimum absolute atomic E-state index is 0. The van der Waals surface area contributed by atoms with Crippen molar-refractivity contribution in [2.75, 3.05) is 33.9 Å². The second kappa shape index (κ2) is 11.7. The number of guanidine groups is 1. The summed E-state index contributed by atoms with van der Waals surface area (Å²) in [7, 11) is 3.44. The molecular weight excluding hydrogens is 384 g/mol. The first-order valence-corrected chi connectivity index (χ1v) is 6.86. The van der Waals surface area contributed by atoms with E-state index in [0.29, 0.717) is 0 Å². The minimum Gasteiger partial charge on any atom is -0.385 e. The van der Waals surface area contributed by atoms with Crippen LogP contribution in [-0.2, 0) is 11.2 Å². The maximum absolute atomic E-state index is 13.0. The van der Waals surface area contributed by atoms with Crippen LogP contribution in [0, 0.1) is 12.7 Å². The second-order valence-corrected chi connectivity index (χ2v) is 4.59. The monoisotopic (exact) mass is 409 g/mol. The Morgan fingerprint density at radius 1 is 1.29 bits per heavy atom. The average Bonchev–Trinajstić information content (AvgIpc) is 2.43. The molecule has 0 heterocycles. The molecule has 0 saturated heterocycles. The number of hydrogen-bond donors (Lipinski definition) is 2. The van der Waals surface area contributed by atoms with E-state index < -0.39 is 0 Å². The summed E-state index contributed by atoms with van der Waals surface area (Å²) >= 11 is 0. The van der Waals surface area contributed by atoms with Crippen molar-refractivity contribution >= 4 is 29.9 Å². The van der Waals surface area contributed by atoms with Crippen LogP contribution in [-0.4, -0.2) is 39.8 Å². The maximum Gasteiger partial charge on any atom is 0.190 e. The predicted molar refractivity (Wildman–Crippen MR) is 96.1 cm³/mol. The van der Waals surface area contributed by atoms with E-state index in [1.54, 1.807) is 20.2 Å². The van der Waals surface area contributed by atoms with Crippen molar-refractivity contribution in [1.82, 2.24) is 10.6 Å². The van der Waals surface area contributed by atoms with E-state index >= 15 is 0 Å². The lowest BCUT2D eigenvalue weighted by atomic mass is 10.1. The maximum atomic E-state index is 13.0. The highest BCUT2D eigenvalue weighted by molar-refractivity contribution is 14.0. The van der Waals surface area contributed by atoms with Gasteiger partial charge in [-0.1, -0.05) is 6.07 Å². The number of aliphatic imine (C=N–C) groups is 1. The molecule has 0 atom stereocenters. The van der Waals surface area contributed by atoms with Gasteiger partial charge in [-0.3, -0.25) is 4.99 Å². The fraction of sp³-hybridized carbons (Fsp3) is 0.533. The molecule has 6 heteroatoms. The average molecular weight is 409 g/mol. The highest BCUT2D eigenvalue weighted by atomic mass is 127. The lowest BCUT2D eigenvalue weighted by molar-refractivity contribution is 0.195. The lowest BCUT2D eigenvalue weighted by Gasteiger charge is -2.12. The summed E-state index contributed by atoms with van der Waals surface area (Å²) in [5, 5.41) is 6.45. The first-order valence-electron chi connectivity index (χ1n) is 6.86. The van der Waals surface area contributed by atoms with Crippen molar-refractivity contribution in [3.05, 3.63) is 35.1 Å². The first-order chi connectivity index (χ1) is 9.67.